The lowest BCUT2D eigenvalue weighted by Crippen LogP contribution is -2.04. The first-order valence-electron chi connectivity index (χ1n) is 4.74. The van der Waals surface area contributed by atoms with Crippen molar-refractivity contribution in [1.82, 2.24) is 5.16 Å². The van der Waals surface area contributed by atoms with Crippen molar-refractivity contribution in [2.24, 2.45) is 0 Å². The molecule has 13 heavy (non-hydrogen) atoms. The minimum absolute atomic E-state index is 0.391. The van der Waals surface area contributed by atoms with Gasteiger partial charge in [-0.3, -0.25) is 0 Å². The molecule has 0 spiro atoms. The molecule has 0 saturated heterocycles. The molecule has 1 atom stereocenters. The van der Waals surface area contributed by atoms with Crippen LogP contribution in [-0.4, -0.2) is 5.16 Å². The quantitative estimate of drug-likeness (QED) is 0.691. The molecule has 1 saturated carbocycles. The molecule has 0 amide bonds. The molecule has 1 aromatic heterocycles. The first-order chi connectivity index (χ1) is 6.29. The molecule has 1 aliphatic rings. The van der Waals surface area contributed by atoms with E-state index in [2.05, 4.69) is 11.6 Å². The van der Waals surface area contributed by atoms with E-state index < -0.39 is 0 Å². The molecule has 1 heterocycles. The first-order valence-corrected chi connectivity index (χ1v) is 5.12. The van der Waals surface area contributed by atoms with Crippen LogP contribution in [0.3, 0.4) is 0 Å². The standard InChI is InChI=1S/C10H13ClNO/c1-7-9(11)10(13-12-7)8-5-3-2-4-6-8/h5,8H,2-4,6H2,1H3. The van der Waals surface area contributed by atoms with Gasteiger partial charge < -0.3 is 4.52 Å². The maximum absolute atomic E-state index is 6.07. The van der Waals surface area contributed by atoms with Gasteiger partial charge >= 0.3 is 0 Å². The lowest BCUT2D eigenvalue weighted by Gasteiger charge is -2.18. The molecule has 2 rings (SSSR count). The minimum atomic E-state index is 0.391. The van der Waals surface area contributed by atoms with Crippen LogP contribution in [0.2, 0.25) is 5.02 Å². The van der Waals surface area contributed by atoms with Crippen molar-refractivity contribution >= 4 is 11.6 Å². The van der Waals surface area contributed by atoms with Crippen LogP contribution in [0.5, 0.6) is 0 Å². The number of aryl methyl sites for hydroxylation is 1. The van der Waals surface area contributed by atoms with E-state index in [4.69, 9.17) is 16.1 Å². The second-order valence-electron chi connectivity index (χ2n) is 3.57. The molecule has 71 valence electrons. The van der Waals surface area contributed by atoms with E-state index in [1.54, 1.807) is 0 Å². The van der Waals surface area contributed by atoms with Gasteiger partial charge in [0.05, 0.1) is 5.69 Å². The van der Waals surface area contributed by atoms with E-state index in [1.807, 2.05) is 6.92 Å². The van der Waals surface area contributed by atoms with E-state index in [-0.39, 0.29) is 0 Å². The highest BCUT2D eigenvalue weighted by Crippen LogP contribution is 2.36. The van der Waals surface area contributed by atoms with Crippen LogP contribution in [0.1, 0.15) is 43.1 Å². The fourth-order valence-corrected chi connectivity index (χ4v) is 2.00. The Morgan fingerprint density at radius 2 is 2.38 bits per heavy atom. The third-order valence-corrected chi connectivity index (χ3v) is 3.03. The lowest BCUT2D eigenvalue weighted by molar-refractivity contribution is 0.347. The fourth-order valence-electron chi connectivity index (χ4n) is 1.79. The maximum atomic E-state index is 6.07. The molecular weight excluding hydrogens is 186 g/mol. The largest absolute Gasteiger partial charge is 0.359 e. The normalized spacial score (nSPS) is 19.2. The van der Waals surface area contributed by atoms with Crippen molar-refractivity contribution in [2.45, 2.75) is 38.5 Å². The Bertz CT molecular complexity index is 289. The molecule has 1 fully saturated rings. The molecule has 1 radical (unpaired) electrons. The van der Waals surface area contributed by atoms with Crippen LogP contribution in [0.15, 0.2) is 4.52 Å². The van der Waals surface area contributed by atoms with Crippen LogP contribution in [0.4, 0.5) is 0 Å². The van der Waals surface area contributed by atoms with Crippen LogP contribution in [0.25, 0.3) is 0 Å². The topological polar surface area (TPSA) is 26.0 Å². The number of hydrogen-bond donors (Lipinski definition) is 0. The van der Waals surface area contributed by atoms with E-state index in [1.165, 1.54) is 19.3 Å². The maximum Gasteiger partial charge on any atom is 0.158 e. The van der Waals surface area contributed by atoms with Gasteiger partial charge in [0.25, 0.3) is 0 Å². The molecule has 0 aliphatic heterocycles. The number of hydrogen-bond acceptors (Lipinski definition) is 2. The monoisotopic (exact) mass is 198 g/mol. The van der Waals surface area contributed by atoms with Gasteiger partial charge in [0, 0.05) is 5.92 Å². The average molecular weight is 199 g/mol. The first kappa shape index (κ1) is 9.07. The number of nitrogens with zero attached hydrogens (tertiary/aromatic N) is 1. The summed E-state index contributed by atoms with van der Waals surface area (Å²) < 4.78 is 5.22. The van der Waals surface area contributed by atoms with Crippen molar-refractivity contribution < 1.29 is 4.52 Å². The summed E-state index contributed by atoms with van der Waals surface area (Å²) >= 11 is 6.07. The average Bonchev–Trinajstić information content (AvgIpc) is 2.49. The van der Waals surface area contributed by atoms with E-state index >= 15 is 0 Å². The molecule has 3 heteroatoms. The summed E-state index contributed by atoms with van der Waals surface area (Å²) in [5, 5.41) is 4.58. The highest BCUT2D eigenvalue weighted by Gasteiger charge is 2.23. The zero-order valence-electron chi connectivity index (χ0n) is 7.72. The van der Waals surface area contributed by atoms with E-state index in [0.29, 0.717) is 10.9 Å². The zero-order chi connectivity index (χ0) is 9.26. The molecule has 1 unspecified atom stereocenters. The summed E-state index contributed by atoms with van der Waals surface area (Å²) in [6.07, 6.45) is 7.16. The summed E-state index contributed by atoms with van der Waals surface area (Å²) in [5.74, 6) is 1.25. The molecule has 0 aromatic carbocycles. The van der Waals surface area contributed by atoms with Crippen LogP contribution < -0.4 is 0 Å². The summed E-state index contributed by atoms with van der Waals surface area (Å²) in [4.78, 5) is 0. The molecule has 0 bridgehead atoms. The minimum Gasteiger partial charge on any atom is -0.359 e. The Labute approximate surface area is 83.2 Å². The Balaban J connectivity index is 2.18. The van der Waals surface area contributed by atoms with Crippen LogP contribution in [0, 0.1) is 13.3 Å². The number of halogens is 1. The second kappa shape index (κ2) is 3.70. The third kappa shape index (κ3) is 1.73. The molecule has 0 N–H and O–H groups in total. The number of rotatable bonds is 1. The van der Waals surface area contributed by atoms with Crippen LogP contribution >= 0.6 is 11.6 Å². The van der Waals surface area contributed by atoms with Crippen molar-refractivity contribution in [3.8, 4) is 0 Å². The summed E-state index contributed by atoms with van der Waals surface area (Å²) in [5.41, 5.74) is 0.802. The van der Waals surface area contributed by atoms with Crippen molar-refractivity contribution in [3.63, 3.8) is 0 Å². The van der Waals surface area contributed by atoms with Gasteiger partial charge in [0.1, 0.15) is 5.02 Å². The summed E-state index contributed by atoms with van der Waals surface area (Å²) in [7, 11) is 0. The van der Waals surface area contributed by atoms with Gasteiger partial charge in [0.15, 0.2) is 5.76 Å². The molecule has 1 aromatic rings. The Morgan fingerprint density at radius 3 is 2.92 bits per heavy atom. The Morgan fingerprint density at radius 1 is 1.54 bits per heavy atom. The van der Waals surface area contributed by atoms with Gasteiger partial charge in [-0.2, -0.15) is 0 Å². The van der Waals surface area contributed by atoms with E-state index in [9.17, 15) is 0 Å². The Hall–Kier alpha value is -0.500. The zero-order valence-corrected chi connectivity index (χ0v) is 8.47. The van der Waals surface area contributed by atoms with Crippen molar-refractivity contribution in [3.05, 3.63) is 22.9 Å². The Kier molecular flexibility index (Phi) is 2.58. The van der Waals surface area contributed by atoms with Crippen LogP contribution in [-0.2, 0) is 0 Å². The highest BCUT2D eigenvalue weighted by molar-refractivity contribution is 6.31. The third-order valence-electron chi connectivity index (χ3n) is 2.57. The van der Waals surface area contributed by atoms with Gasteiger partial charge in [-0.25, -0.2) is 0 Å². The van der Waals surface area contributed by atoms with Gasteiger partial charge in [-0.1, -0.05) is 29.6 Å². The molecule has 1 aliphatic carbocycles. The highest BCUT2D eigenvalue weighted by atomic mass is 35.5. The van der Waals surface area contributed by atoms with Crippen molar-refractivity contribution in [1.29, 1.82) is 0 Å². The summed E-state index contributed by atoms with van der Waals surface area (Å²) in [6.45, 7) is 1.87. The van der Waals surface area contributed by atoms with Gasteiger partial charge in [0.2, 0.25) is 0 Å². The fraction of sp³-hybridized carbons (Fsp3) is 0.600. The lowest BCUT2D eigenvalue weighted by atomic mass is 9.87. The summed E-state index contributed by atoms with van der Waals surface area (Å²) in [6, 6.07) is 0. The molecular formula is C10H13ClNO. The predicted octanol–water partition coefficient (Wildman–Crippen LogP) is 3.50. The SMILES string of the molecule is Cc1noc(C2[CH]CCCC2)c1Cl. The smallest absolute Gasteiger partial charge is 0.158 e. The van der Waals surface area contributed by atoms with Crippen molar-refractivity contribution in [2.75, 3.05) is 0 Å². The number of aromatic nitrogens is 1. The predicted molar refractivity (Wildman–Crippen MR) is 51.8 cm³/mol. The van der Waals surface area contributed by atoms with Gasteiger partial charge in [-0.15, -0.1) is 0 Å². The van der Waals surface area contributed by atoms with Gasteiger partial charge in [-0.05, 0) is 26.2 Å². The second-order valence-corrected chi connectivity index (χ2v) is 3.95. The molecule has 2 nitrogen and oxygen atoms in total. The van der Waals surface area contributed by atoms with E-state index in [0.717, 1.165) is 17.9 Å².